The zero-order chi connectivity index (χ0) is 38.5. The van der Waals surface area contributed by atoms with Crippen molar-refractivity contribution in [2.75, 3.05) is 4.90 Å². The predicted octanol–water partition coefficient (Wildman–Crippen LogP) is 15.2. The van der Waals surface area contributed by atoms with Crippen molar-refractivity contribution in [3.63, 3.8) is 0 Å². The lowest BCUT2D eigenvalue weighted by Gasteiger charge is -2.29. The molecule has 0 fully saturated rings. The summed E-state index contributed by atoms with van der Waals surface area (Å²) in [5.74, 6) is 1.77. The lowest BCUT2D eigenvalue weighted by atomic mass is 9.81. The lowest BCUT2D eigenvalue weighted by molar-refractivity contribution is 0.487. The summed E-state index contributed by atoms with van der Waals surface area (Å²) in [6.45, 7) is 4.75. The Hall–Kier alpha value is -7.36. The number of aromatic nitrogens is 1. The smallest absolute Gasteiger partial charge is 0.137 e. The minimum absolute atomic E-state index is 0.214. The summed E-state index contributed by atoms with van der Waals surface area (Å²) < 4.78 is 9.03. The second kappa shape index (κ2) is 12.3. The van der Waals surface area contributed by atoms with E-state index < -0.39 is 0 Å². The van der Waals surface area contributed by atoms with Gasteiger partial charge in [0.25, 0.3) is 0 Å². The van der Waals surface area contributed by atoms with E-state index >= 15 is 0 Å². The monoisotopic (exact) mass is 742 g/mol. The molecule has 0 unspecified atom stereocenters. The van der Waals surface area contributed by atoms with Crippen LogP contribution in [0.4, 0.5) is 17.1 Å². The first kappa shape index (κ1) is 32.8. The van der Waals surface area contributed by atoms with Gasteiger partial charge in [0.05, 0.1) is 11.0 Å². The number of fused-ring (bicyclic) bond motifs is 8. The number of rotatable bonds is 5. The van der Waals surface area contributed by atoms with Crippen molar-refractivity contribution in [2.45, 2.75) is 19.3 Å². The van der Waals surface area contributed by atoms with E-state index in [4.69, 9.17) is 4.74 Å². The Labute approximate surface area is 337 Å². The Kier molecular flexibility index (Phi) is 6.98. The van der Waals surface area contributed by atoms with Crippen molar-refractivity contribution in [3.05, 3.63) is 205 Å². The highest BCUT2D eigenvalue weighted by molar-refractivity contribution is 6.10. The van der Waals surface area contributed by atoms with Gasteiger partial charge in [-0.3, -0.25) is 0 Å². The van der Waals surface area contributed by atoms with E-state index in [2.05, 4.69) is 217 Å². The zero-order valence-electron chi connectivity index (χ0n) is 32.3. The Morgan fingerprint density at radius 3 is 1.90 bits per heavy atom. The van der Waals surface area contributed by atoms with Crippen LogP contribution in [0.2, 0.25) is 0 Å². The molecule has 2 aliphatic rings. The van der Waals surface area contributed by atoms with E-state index in [0.717, 1.165) is 34.1 Å². The van der Waals surface area contributed by atoms with Crippen LogP contribution in [0.3, 0.4) is 0 Å². The number of benzene rings is 9. The van der Waals surface area contributed by atoms with Crippen LogP contribution in [-0.4, -0.2) is 4.57 Å². The van der Waals surface area contributed by atoms with Gasteiger partial charge in [-0.15, -0.1) is 0 Å². The Balaban J connectivity index is 0.944. The fraction of sp³-hybridized carbons (Fsp3) is 0.0545. The highest BCUT2D eigenvalue weighted by Crippen LogP contribution is 2.53. The van der Waals surface area contributed by atoms with E-state index in [0.29, 0.717) is 0 Å². The van der Waals surface area contributed by atoms with Crippen molar-refractivity contribution in [3.8, 4) is 50.6 Å². The van der Waals surface area contributed by atoms with Crippen LogP contribution in [0.5, 0.6) is 11.5 Å². The van der Waals surface area contributed by atoms with Gasteiger partial charge in [0.15, 0.2) is 0 Å². The van der Waals surface area contributed by atoms with Crippen molar-refractivity contribution in [2.24, 2.45) is 0 Å². The molecule has 274 valence electrons. The molecule has 0 saturated carbocycles. The van der Waals surface area contributed by atoms with Gasteiger partial charge in [-0.1, -0.05) is 123 Å². The number of hydrogen-bond acceptors (Lipinski definition) is 2. The molecular weight excluding hydrogens is 705 g/mol. The molecule has 2 heterocycles. The first-order valence-corrected chi connectivity index (χ1v) is 20.1. The second-order valence-electron chi connectivity index (χ2n) is 16.1. The lowest BCUT2D eigenvalue weighted by Crippen LogP contribution is -2.16. The Morgan fingerprint density at radius 1 is 0.431 bits per heavy atom. The van der Waals surface area contributed by atoms with Gasteiger partial charge >= 0.3 is 0 Å². The van der Waals surface area contributed by atoms with Crippen molar-refractivity contribution >= 4 is 49.6 Å². The molecule has 0 saturated heterocycles. The molecule has 10 aromatic rings. The van der Waals surface area contributed by atoms with E-state index in [1.54, 1.807) is 0 Å². The standard InChI is InChI=1S/C55H38N2O/c1-55(2)48-32-37(36-24-30-51-47(31-36)44-19-9-10-21-50(44)57(51)39-17-7-4-8-18-39)23-27-42(48)43-28-25-40(33-49(43)55)56(38-15-5-3-6-16-38)41-26-29-45-46-20-11-13-35-14-12-22-52(54(35)46)58-53(45)34-41/h3-34H,1-2H3. The van der Waals surface area contributed by atoms with Crippen molar-refractivity contribution in [1.29, 1.82) is 0 Å². The highest BCUT2D eigenvalue weighted by Gasteiger charge is 2.36. The normalized spacial score (nSPS) is 13.3. The quantitative estimate of drug-likeness (QED) is 0.175. The third-order valence-corrected chi connectivity index (χ3v) is 12.6. The fourth-order valence-electron chi connectivity index (χ4n) is 9.77. The van der Waals surface area contributed by atoms with E-state index in [9.17, 15) is 0 Å². The predicted molar refractivity (Wildman–Crippen MR) is 241 cm³/mol. The Morgan fingerprint density at radius 2 is 1.07 bits per heavy atom. The number of anilines is 3. The molecule has 3 heteroatoms. The summed E-state index contributed by atoms with van der Waals surface area (Å²) in [6, 6.07) is 70.6. The van der Waals surface area contributed by atoms with Gasteiger partial charge in [0, 0.05) is 56.0 Å². The SMILES string of the molecule is CC1(C)c2cc(-c3ccc4c(c3)c3ccccc3n4-c3ccccc3)ccc2-c2ccc(N(c3ccccc3)c3ccc4c(c3)Oc3cccc5cccc-4c35)cc21. The van der Waals surface area contributed by atoms with E-state index in [1.165, 1.54) is 77.2 Å². The van der Waals surface area contributed by atoms with E-state index in [-0.39, 0.29) is 5.41 Å². The summed E-state index contributed by atoms with van der Waals surface area (Å²) in [6.07, 6.45) is 0. The maximum atomic E-state index is 6.65. The molecule has 1 aromatic heterocycles. The van der Waals surface area contributed by atoms with Crippen molar-refractivity contribution in [1.82, 2.24) is 4.57 Å². The molecule has 0 amide bonds. The molecule has 58 heavy (non-hydrogen) atoms. The largest absolute Gasteiger partial charge is 0.456 e. The topological polar surface area (TPSA) is 17.4 Å². The molecule has 0 N–H and O–H groups in total. The van der Waals surface area contributed by atoms with Gasteiger partial charge in [0.1, 0.15) is 11.5 Å². The number of para-hydroxylation sites is 3. The van der Waals surface area contributed by atoms with Gasteiger partial charge in [-0.05, 0) is 123 Å². The van der Waals surface area contributed by atoms with Crippen LogP contribution in [0.15, 0.2) is 194 Å². The number of nitrogens with zero attached hydrogens (tertiary/aromatic N) is 2. The molecular formula is C55H38N2O. The summed E-state index contributed by atoms with van der Waals surface area (Å²) in [5.41, 5.74) is 16.7. The van der Waals surface area contributed by atoms with Crippen LogP contribution < -0.4 is 9.64 Å². The van der Waals surface area contributed by atoms with Gasteiger partial charge in [0.2, 0.25) is 0 Å². The van der Waals surface area contributed by atoms with Crippen molar-refractivity contribution < 1.29 is 4.74 Å². The Bertz CT molecular complexity index is 3280. The summed E-state index contributed by atoms with van der Waals surface area (Å²) >= 11 is 0. The molecule has 1 aliphatic carbocycles. The van der Waals surface area contributed by atoms with Crippen LogP contribution in [-0.2, 0) is 5.41 Å². The third-order valence-electron chi connectivity index (χ3n) is 12.6. The minimum atomic E-state index is -0.214. The molecule has 12 rings (SSSR count). The zero-order valence-corrected chi connectivity index (χ0v) is 32.3. The molecule has 3 nitrogen and oxygen atoms in total. The van der Waals surface area contributed by atoms with Crippen LogP contribution in [0, 0.1) is 0 Å². The maximum absolute atomic E-state index is 6.65. The summed E-state index contributed by atoms with van der Waals surface area (Å²) in [5, 5.41) is 4.89. The average molecular weight is 743 g/mol. The molecule has 0 spiro atoms. The van der Waals surface area contributed by atoms with Crippen LogP contribution in [0.1, 0.15) is 25.0 Å². The summed E-state index contributed by atoms with van der Waals surface area (Å²) in [7, 11) is 0. The van der Waals surface area contributed by atoms with Crippen LogP contribution >= 0.6 is 0 Å². The van der Waals surface area contributed by atoms with Gasteiger partial charge in [-0.25, -0.2) is 0 Å². The maximum Gasteiger partial charge on any atom is 0.137 e. The van der Waals surface area contributed by atoms with Crippen LogP contribution in [0.25, 0.3) is 71.6 Å². The van der Waals surface area contributed by atoms with Gasteiger partial charge < -0.3 is 14.2 Å². The molecule has 0 radical (unpaired) electrons. The average Bonchev–Trinajstić information content (AvgIpc) is 3.72. The second-order valence-corrected chi connectivity index (χ2v) is 16.1. The first-order valence-electron chi connectivity index (χ1n) is 20.1. The number of hydrogen-bond donors (Lipinski definition) is 0. The minimum Gasteiger partial charge on any atom is -0.456 e. The fourth-order valence-corrected chi connectivity index (χ4v) is 9.77. The molecule has 9 aromatic carbocycles. The number of ether oxygens (including phenoxy) is 1. The third kappa shape index (κ3) is 4.80. The molecule has 0 atom stereocenters. The van der Waals surface area contributed by atoms with Gasteiger partial charge in [-0.2, -0.15) is 0 Å². The molecule has 0 bridgehead atoms. The van der Waals surface area contributed by atoms with E-state index in [1.807, 2.05) is 0 Å². The first-order chi connectivity index (χ1) is 28.5. The highest BCUT2D eigenvalue weighted by atomic mass is 16.5. The summed E-state index contributed by atoms with van der Waals surface area (Å²) in [4.78, 5) is 2.36. The molecule has 1 aliphatic heterocycles.